The number of fused-ring (bicyclic) bond motifs is 1. The fourth-order valence-corrected chi connectivity index (χ4v) is 3.97. The van der Waals surface area contributed by atoms with E-state index in [4.69, 9.17) is 0 Å². The highest BCUT2D eigenvalue weighted by atomic mass is 16.3. The first kappa shape index (κ1) is 17.0. The number of likely N-dealkylation sites (tertiary alicyclic amines) is 1. The molecule has 26 heavy (non-hydrogen) atoms. The van der Waals surface area contributed by atoms with Gasteiger partial charge in [-0.05, 0) is 48.9 Å². The number of rotatable bonds is 5. The van der Waals surface area contributed by atoms with E-state index in [1.54, 1.807) is 0 Å². The van der Waals surface area contributed by atoms with Crippen molar-refractivity contribution in [2.45, 2.75) is 38.0 Å². The van der Waals surface area contributed by atoms with Crippen LogP contribution >= 0.6 is 0 Å². The SMILES string of the molecule is O=c1[nH]c2ccccc2cc1CN1CCCC1CC(O)c1ccccc1. The second kappa shape index (κ2) is 7.44. The molecule has 1 aliphatic heterocycles. The number of nitrogens with zero attached hydrogens (tertiary/aromatic N) is 1. The van der Waals surface area contributed by atoms with Gasteiger partial charge in [0, 0.05) is 23.7 Å². The Balaban J connectivity index is 1.50. The van der Waals surface area contributed by atoms with Crippen molar-refractivity contribution in [2.75, 3.05) is 6.54 Å². The smallest absolute Gasteiger partial charge is 0.252 e. The summed E-state index contributed by atoms with van der Waals surface area (Å²) in [5.41, 5.74) is 2.62. The minimum absolute atomic E-state index is 0.0158. The predicted molar refractivity (Wildman–Crippen MR) is 104 cm³/mol. The third kappa shape index (κ3) is 3.57. The van der Waals surface area contributed by atoms with Crippen LogP contribution in [0.3, 0.4) is 0 Å². The number of pyridine rings is 1. The molecule has 2 aromatic carbocycles. The van der Waals surface area contributed by atoms with Crippen molar-refractivity contribution in [3.8, 4) is 0 Å². The van der Waals surface area contributed by atoms with E-state index in [1.807, 2.05) is 60.7 Å². The number of hydrogen-bond donors (Lipinski definition) is 2. The van der Waals surface area contributed by atoms with Crippen LogP contribution in [0.1, 0.15) is 36.5 Å². The van der Waals surface area contributed by atoms with Gasteiger partial charge < -0.3 is 10.1 Å². The molecule has 0 radical (unpaired) electrons. The molecular formula is C22H24N2O2. The van der Waals surface area contributed by atoms with Gasteiger partial charge in [-0.1, -0.05) is 48.5 Å². The Morgan fingerprint density at radius 3 is 2.73 bits per heavy atom. The van der Waals surface area contributed by atoms with Crippen molar-refractivity contribution in [2.24, 2.45) is 0 Å². The Kier molecular flexibility index (Phi) is 4.87. The monoisotopic (exact) mass is 348 g/mol. The summed E-state index contributed by atoms with van der Waals surface area (Å²) in [6.07, 6.45) is 2.42. The molecule has 0 aliphatic carbocycles. The largest absolute Gasteiger partial charge is 0.388 e. The third-order valence-corrected chi connectivity index (χ3v) is 5.38. The molecule has 134 valence electrons. The quantitative estimate of drug-likeness (QED) is 0.740. The van der Waals surface area contributed by atoms with Crippen molar-refractivity contribution in [3.63, 3.8) is 0 Å². The first-order valence-corrected chi connectivity index (χ1v) is 9.29. The topological polar surface area (TPSA) is 56.3 Å². The van der Waals surface area contributed by atoms with E-state index in [2.05, 4.69) is 9.88 Å². The highest BCUT2D eigenvalue weighted by Gasteiger charge is 2.27. The van der Waals surface area contributed by atoms with Crippen LogP contribution in [0, 0.1) is 0 Å². The number of para-hydroxylation sites is 1. The molecule has 0 spiro atoms. The standard InChI is InChI=1S/C22H24N2O2/c25-21(16-7-2-1-3-8-16)14-19-10-6-12-24(19)15-18-13-17-9-4-5-11-20(17)23-22(18)26/h1-5,7-9,11,13,19,21,25H,6,10,12,14-15H2,(H,23,26). The Hall–Kier alpha value is -2.43. The van der Waals surface area contributed by atoms with Crippen molar-refractivity contribution in [1.82, 2.24) is 9.88 Å². The number of aromatic nitrogens is 1. The van der Waals surface area contributed by atoms with Crippen LogP contribution in [0.25, 0.3) is 10.9 Å². The second-order valence-electron chi connectivity index (χ2n) is 7.14. The molecule has 2 heterocycles. The van der Waals surface area contributed by atoms with Gasteiger partial charge in [0.05, 0.1) is 6.10 Å². The van der Waals surface area contributed by atoms with Crippen LogP contribution in [-0.4, -0.2) is 27.6 Å². The summed E-state index contributed by atoms with van der Waals surface area (Å²) in [6, 6.07) is 20.0. The van der Waals surface area contributed by atoms with Crippen LogP contribution in [0.2, 0.25) is 0 Å². The number of aromatic amines is 1. The third-order valence-electron chi connectivity index (χ3n) is 5.38. The van der Waals surface area contributed by atoms with E-state index in [-0.39, 0.29) is 5.56 Å². The van der Waals surface area contributed by atoms with Crippen LogP contribution in [0.5, 0.6) is 0 Å². The highest BCUT2D eigenvalue weighted by molar-refractivity contribution is 5.78. The van der Waals surface area contributed by atoms with Gasteiger partial charge in [0.15, 0.2) is 0 Å². The Bertz CT molecular complexity index is 936. The minimum Gasteiger partial charge on any atom is -0.388 e. The molecule has 1 fully saturated rings. The van der Waals surface area contributed by atoms with Gasteiger partial charge in [-0.15, -0.1) is 0 Å². The van der Waals surface area contributed by atoms with Crippen molar-refractivity contribution >= 4 is 10.9 Å². The molecule has 1 saturated heterocycles. The predicted octanol–water partition coefficient (Wildman–Crippen LogP) is 3.62. The maximum atomic E-state index is 12.4. The summed E-state index contributed by atoms with van der Waals surface area (Å²) in [5.74, 6) is 0. The number of benzene rings is 2. The molecule has 4 rings (SSSR count). The Morgan fingerprint density at radius 1 is 1.12 bits per heavy atom. The van der Waals surface area contributed by atoms with Gasteiger partial charge in [-0.25, -0.2) is 0 Å². The van der Waals surface area contributed by atoms with E-state index < -0.39 is 6.10 Å². The molecule has 1 aliphatic rings. The summed E-state index contributed by atoms with van der Waals surface area (Å²) < 4.78 is 0. The average Bonchev–Trinajstić information content (AvgIpc) is 3.09. The molecule has 1 aromatic heterocycles. The van der Waals surface area contributed by atoms with Crippen LogP contribution < -0.4 is 5.56 Å². The fourth-order valence-electron chi connectivity index (χ4n) is 3.97. The molecule has 2 N–H and O–H groups in total. The van der Waals surface area contributed by atoms with Crippen molar-refractivity contribution in [3.05, 3.63) is 82.1 Å². The van der Waals surface area contributed by atoms with Gasteiger partial charge in [0.25, 0.3) is 5.56 Å². The summed E-state index contributed by atoms with van der Waals surface area (Å²) >= 11 is 0. The van der Waals surface area contributed by atoms with E-state index in [0.29, 0.717) is 19.0 Å². The minimum atomic E-state index is -0.461. The van der Waals surface area contributed by atoms with Crippen LogP contribution in [0.15, 0.2) is 65.5 Å². The molecule has 0 bridgehead atoms. The Labute approximate surface area is 153 Å². The van der Waals surface area contributed by atoms with E-state index >= 15 is 0 Å². The lowest BCUT2D eigenvalue weighted by Crippen LogP contribution is -2.32. The van der Waals surface area contributed by atoms with E-state index in [1.165, 1.54) is 0 Å². The first-order chi connectivity index (χ1) is 12.7. The molecule has 4 nitrogen and oxygen atoms in total. The lowest BCUT2D eigenvalue weighted by atomic mass is 10.0. The fraction of sp³-hybridized carbons (Fsp3) is 0.318. The van der Waals surface area contributed by atoms with Gasteiger partial charge >= 0.3 is 0 Å². The van der Waals surface area contributed by atoms with Gasteiger partial charge in [0.2, 0.25) is 0 Å². The van der Waals surface area contributed by atoms with Gasteiger partial charge in [0.1, 0.15) is 0 Å². The second-order valence-corrected chi connectivity index (χ2v) is 7.14. The van der Waals surface area contributed by atoms with Gasteiger partial charge in [-0.3, -0.25) is 9.69 Å². The Morgan fingerprint density at radius 2 is 1.88 bits per heavy atom. The molecule has 4 heteroatoms. The van der Waals surface area contributed by atoms with Crippen LogP contribution in [0.4, 0.5) is 0 Å². The normalized spacial score (nSPS) is 19.0. The summed E-state index contributed by atoms with van der Waals surface area (Å²) in [4.78, 5) is 17.8. The molecule has 2 atom stereocenters. The van der Waals surface area contributed by atoms with E-state index in [0.717, 1.165) is 41.4 Å². The van der Waals surface area contributed by atoms with Gasteiger partial charge in [-0.2, -0.15) is 0 Å². The van der Waals surface area contributed by atoms with E-state index in [9.17, 15) is 9.90 Å². The maximum absolute atomic E-state index is 12.4. The van der Waals surface area contributed by atoms with Crippen LogP contribution in [-0.2, 0) is 6.54 Å². The van der Waals surface area contributed by atoms with Crippen molar-refractivity contribution in [1.29, 1.82) is 0 Å². The molecule has 0 amide bonds. The molecule has 0 saturated carbocycles. The molecule has 2 unspecified atom stereocenters. The number of aliphatic hydroxyl groups excluding tert-OH is 1. The lowest BCUT2D eigenvalue weighted by molar-refractivity contribution is 0.118. The number of aliphatic hydroxyl groups is 1. The zero-order valence-corrected chi connectivity index (χ0v) is 14.8. The average molecular weight is 348 g/mol. The zero-order valence-electron chi connectivity index (χ0n) is 14.8. The molecule has 3 aromatic rings. The number of H-pyrrole nitrogens is 1. The van der Waals surface area contributed by atoms with Crippen molar-refractivity contribution < 1.29 is 5.11 Å². The number of hydrogen-bond acceptors (Lipinski definition) is 3. The summed E-state index contributed by atoms with van der Waals surface area (Å²) in [5, 5.41) is 11.6. The highest BCUT2D eigenvalue weighted by Crippen LogP contribution is 2.28. The molecular weight excluding hydrogens is 324 g/mol. The summed E-state index contributed by atoms with van der Waals surface area (Å²) in [6.45, 7) is 1.60. The maximum Gasteiger partial charge on any atom is 0.252 e. The summed E-state index contributed by atoms with van der Waals surface area (Å²) in [7, 11) is 0. The number of nitrogens with one attached hydrogen (secondary N) is 1. The lowest BCUT2D eigenvalue weighted by Gasteiger charge is -2.26. The first-order valence-electron chi connectivity index (χ1n) is 9.29. The zero-order chi connectivity index (χ0) is 17.9.